The molecule has 1 atom stereocenters. The quantitative estimate of drug-likeness (QED) is 0.740. The molecular weight excluding hydrogens is 395 g/mol. The molecule has 31 heavy (non-hydrogen) atoms. The number of dihydropyridines is 1. The van der Waals surface area contributed by atoms with Crippen LogP contribution in [0.1, 0.15) is 24.5 Å². The maximum absolute atomic E-state index is 15.1. The van der Waals surface area contributed by atoms with Crippen LogP contribution in [0.5, 0.6) is 0 Å². The second kappa shape index (κ2) is 8.58. The fourth-order valence-electron chi connectivity index (χ4n) is 3.79. The minimum Gasteiger partial charge on any atom is -0.373 e. The summed E-state index contributed by atoms with van der Waals surface area (Å²) in [5, 5.41) is 5.45. The van der Waals surface area contributed by atoms with Crippen LogP contribution in [0.15, 0.2) is 64.0 Å². The van der Waals surface area contributed by atoms with Crippen molar-refractivity contribution in [2.24, 2.45) is 4.99 Å². The largest absolute Gasteiger partial charge is 0.373 e. The van der Waals surface area contributed by atoms with Gasteiger partial charge in [0, 0.05) is 37.5 Å². The average molecular weight is 418 g/mol. The van der Waals surface area contributed by atoms with E-state index in [1.807, 2.05) is 35.3 Å². The standard InChI is InChI=1S/C24H23FN4O2/c1-15-11-17-3-4-19(22(25)23(17)28-21(15)14-30)13-29-9-7-16(8-10-29)18-5-6-20(27-12-18)24(31)26-2/h3-7,9,11-12,20,28H,8,10,13H2,1-2H3,(H,26,31). The van der Waals surface area contributed by atoms with Gasteiger partial charge in [-0.25, -0.2) is 9.18 Å². The van der Waals surface area contributed by atoms with E-state index < -0.39 is 6.04 Å². The van der Waals surface area contributed by atoms with Crippen molar-refractivity contribution in [1.82, 2.24) is 10.2 Å². The number of benzene rings is 1. The Balaban J connectivity index is 1.48. The van der Waals surface area contributed by atoms with Gasteiger partial charge in [-0.2, -0.15) is 0 Å². The number of allylic oxidation sites excluding steroid dienone is 4. The predicted octanol–water partition coefficient (Wildman–Crippen LogP) is 3.14. The van der Waals surface area contributed by atoms with Crippen LogP contribution in [0.2, 0.25) is 0 Å². The van der Waals surface area contributed by atoms with Crippen LogP contribution in [0.3, 0.4) is 0 Å². The summed E-state index contributed by atoms with van der Waals surface area (Å²) in [6, 6.07) is 3.16. The number of amides is 1. The predicted molar refractivity (Wildman–Crippen MR) is 120 cm³/mol. The van der Waals surface area contributed by atoms with Crippen molar-refractivity contribution in [2.45, 2.75) is 25.9 Å². The van der Waals surface area contributed by atoms with Crippen molar-refractivity contribution in [3.63, 3.8) is 0 Å². The normalized spacial score (nSPS) is 21.9. The molecule has 0 aliphatic carbocycles. The van der Waals surface area contributed by atoms with Crippen LogP contribution in [-0.2, 0) is 16.1 Å². The van der Waals surface area contributed by atoms with Gasteiger partial charge >= 0.3 is 0 Å². The van der Waals surface area contributed by atoms with E-state index in [1.165, 1.54) is 0 Å². The fraction of sp³-hybridized carbons (Fsp3) is 0.250. The lowest BCUT2D eigenvalue weighted by Gasteiger charge is -2.27. The van der Waals surface area contributed by atoms with Crippen molar-refractivity contribution in [3.8, 4) is 0 Å². The topological polar surface area (TPSA) is 73.8 Å². The van der Waals surface area contributed by atoms with Crippen molar-refractivity contribution >= 4 is 29.8 Å². The van der Waals surface area contributed by atoms with E-state index in [0.717, 1.165) is 35.2 Å². The first kappa shape index (κ1) is 20.6. The van der Waals surface area contributed by atoms with Gasteiger partial charge in [-0.3, -0.25) is 9.79 Å². The second-order valence-electron chi connectivity index (χ2n) is 7.65. The number of rotatable bonds is 3. The lowest BCUT2D eigenvalue weighted by atomic mass is 9.98. The number of anilines is 1. The Kier molecular flexibility index (Phi) is 5.69. The zero-order valence-electron chi connectivity index (χ0n) is 17.4. The monoisotopic (exact) mass is 418 g/mol. The van der Waals surface area contributed by atoms with Gasteiger partial charge in [-0.05, 0) is 48.4 Å². The Bertz CT molecular complexity index is 1120. The van der Waals surface area contributed by atoms with E-state index >= 15 is 4.39 Å². The van der Waals surface area contributed by atoms with Crippen molar-refractivity contribution in [3.05, 3.63) is 75.9 Å². The maximum atomic E-state index is 15.1. The average Bonchev–Trinajstić information content (AvgIpc) is 2.81. The second-order valence-corrected chi connectivity index (χ2v) is 7.65. The van der Waals surface area contributed by atoms with Crippen LogP contribution in [0.4, 0.5) is 10.1 Å². The third kappa shape index (κ3) is 4.13. The number of aliphatic imine (C=N–C) groups is 1. The third-order valence-electron chi connectivity index (χ3n) is 5.62. The summed E-state index contributed by atoms with van der Waals surface area (Å²) in [6.45, 7) is 2.95. The minimum absolute atomic E-state index is 0.134. The summed E-state index contributed by atoms with van der Waals surface area (Å²) in [5.41, 5.74) is 4.69. The van der Waals surface area contributed by atoms with Crippen molar-refractivity contribution < 1.29 is 14.0 Å². The fourth-order valence-corrected chi connectivity index (χ4v) is 3.79. The summed E-state index contributed by atoms with van der Waals surface area (Å²) in [6.07, 6.45) is 12.0. The molecule has 7 heteroatoms. The van der Waals surface area contributed by atoms with Crippen molar-refractivity contribution in [2.75, 3.05) is 18.9 Å². The molecule has 6 nitrogen and oxygen atoms in total. The van der Waals surface area contributed by atoms with E-state index in [1.54, 1.807) is 38.4 Å². The molecule has 0 saturated carbocycles. The summed E-state index contributed by atoms with van der Waals surface area (Å²) in [7, 11) is 1.59. The molecule has 0 spiro atoms. The number of nitrogens with zero attached hydrogens (tertiary/aromatic N) is 2. The number of hydrogen-bond acceptors (Lipinski definition) is 5. The lowest BCUT2D eigenvalue weighted by Crippen LogP contribution is -2.30. The highest BCUT2D eigenvalue weighted by atomic mass is 19.1. The van der Waals surface area contributed by atoms with Gasteiger partial charge in [0.15, 0.2) is 11.8 Å². The van der Waals surface area contributed by atoms with E-state index in [4.69, 9.17) is 0 Å². The van der Waals surface area contributed by atoms with Gasteiger partial charge in [-0.1, -0.05) is 24.3 Å². The number of halogens is 1. The summed E-state index contributed by atoms with van der Waals surface area (Å²) in [4.78, 5) is 29.1. The zero-order chi connectivity index (χ0) is 22.0. The van der Waals surface area contributed by atoms with Crippen LogP contribution in [-0.4, -0.2) is 42.6 Å². The van der Waals surface area contributed by atoms with Gasteiger partial charge in [0.25, 0.3) is 0 Å². The highest BCUT2D eigenvalue weighted by molar-refractivity contribution is 5.92. The molecule has 4 rings (SSSR count). The SMILES string of the molecule is CNC(=O)C1C=CC(=C2C=CN(Cc3ccc4c(c3F)NC(=C=O)C(C)=C4)CC2)C=N1. The van der Waals surface area contributed by atoms with Crippen molar-refractivity contribution in [1.29, 1.82) is 0 Å². The first-order chi connectivity index (χ1) is 15.0. The molecule has 3 heterocycles. The molecular formula is C24H23FN4O2. The molecule has 2 N–H and O–H groups in total. The number of carbonyl (C=O) groups excluding carboxylic acids is 2. The van der Waals surface area contributed by atoms with E-state index in [9.17, 15) is 9.59 Å². The Hall–Kier alpha value is -3.70. The molecule has 3 aliphatic rings. The molecule has 3 aliphatic heterocycles. The van der Waals surface area contributed by atoms with E-state index in [-0.39, 0.29) is 17.4 Å². The van der Waals surface area contributed by atoms with Gasteiger partial charge in [0.2, 0.25) is 5.91 Å². The van der Waals surface area contributed by atoms with Crippen LogP contribution in [0, 0.1) is 5.82 Å². The highest BCUT2D eigenvalue weighted by Crippen LogP contribution is 2.33. The minimum atomic E-state index is -0.479. The number of nitrogens with one attached hydrogen (secondary N) is 2. The first-order valence-electron chi connectivity index (χ1n) is 10.1. The molecule has 0 fully saturated rings. The number of hydrogen-bond donors (Lipinski definition) is 2. The Labute approximate surface area is 180 Å². The number of likely N-dealkylation sites (N-methyl/N-ethyl adjacent to an activating group) is 1. The summed E-state index contributed by atoms with van der Waals surface area (Å²) < 4.78 is 15.1. The lowest BCUT2D eigenvalue weighted by molar-refractivity contribution is -0.120. The Morgan fingerprint density at radius 3 is 2.87 bits per heavy atom. The van der Waals surface area contributed by atoms with Crippen LogP contribution < -0.4 is 10.6 Å². The van der Waals surface area contributed by atoms with Gasteiger partial charge in [0.05, 0.1) is 5.69 Å². The maximum Gasteiger partial charge on any atom is 0.248 e. The summed E-state index contributed by atoms with van der Waals surface area (Å²) in [5.74, 6) is 1.34. The van der Waals surface area contributed by atoms with E-state index in [0.29, 0.717) is 17.8 Å². The highest BCUT2D eigenvalue weighted by Gasteiger charge is 2.21. The molecule has 158 valence electrons. The van der Waals surface area contributed by atoms with Gasteiger partial charge in [0.1, 0.15) is 11.7 Å². The van der Waals surface area contributed by atoms with Crippen LogP contribution in [0.25, 0.3) is 6.08 Å². The third-order valence-corrected chi connectivity index (χ3v) is 5.62. The molecule has 1 amide bonds. The van der Waals surface area contributed by atoms with Crippen LogP contribution >= 0.6 is 0 Å². The molecule has 0 radical (unpaired) electrons. The Morgan fingerprint density at radius 2 is 2.23 bits per heavy atom. The number of fused-ring (bicyclic) bond motifs is 1. The zero-order valence-corrected chi connectivity index (χ0v) is 17.4. The number of carbonyl (C=O) groups is 1. The molecule has 0 aromatic heterocycles. The first-order valence-corrected chi connectivity index (χ1v) is 10.1. The summed E-state index contributed by atoms with van der Waals surface area (Å²) >= 11 is 0. The molecule has 0 bridgehead atoms. The molecule has 1 aromatic rings. The molecule has 1 unspecified atom stereocenters. The van der Waals surface area contributed by atoms with E-state index in [2.05, 4.69) is 15.6 Å². The Morgan fingerprint density at radius 1 is 1.39 bits per heavy atom. The van der Waals surface area contributed by atoms with Gasteiger partial charge < -0.3 is 15.5 Å². The smallest absolute Gasteiger partial charge is 0.248 e. The molecule has 0 saturated heterocycles. The molecule has 1 aromatic carbocycles. The van der Waals surface area contributed by atoms with Gasteiger partial charge in [-0.15, -0.1) is 0 Å².